The van der Waals surface area contributed by atoms with Gasteiger partial charge in [0.15, 0.2) is 11.2 Å². The molecule has 3 unspecified atom stereocenters. The van der Waals surface area contributed by atoms with Gasteiger partial charge in [0.05, 0.1) is 19.1 Å². The Morgan fingerprint density at radius 2 is 1.88 bits per heavy atom. The highest BCUT2D eigenvalue weighted by molar-refractivity contribution is 7.91. The number of carbonyl (C=O) groups is 2. The van der Waals surface area contributed by atoms with Gasteiger partial charge in [-0.2, -0.15) is 0 Å². The van der Waals surface area contributed by atoms with Gasteiger partial charge in [0, 0.05) is 29.2 Å². The largest absolute Gasteiger partial charge is 0.614 e. The molecule has 0 saturated carbocycles. The fourth-order valence-corrected chi connectivity index (χ4v) is 5.51. The van der Waals surface area contributed by atoms with Crippen LogP contribution in [0.3, 0.4) is 0 Å². The molecule has 0 aliphatic carbocycles. The van der Waals surface area contributed by atoms with Crippen molar-refractivity contribution < 1.29 is 18.9 Å². The predicted octanol–water partition coefficient (Wildman–Crippen LogP) is 5.00. The van der Waals surface area contributed by atoms with E-state index in [1.54, 1.807) is 29.2 Å². The molecule has 0 bridgehead atoms. The average Bonchev–Trinajstić information content (AvgIpc) is 2.77. The minimum atomic E-state index is -1.12. The second-order valence-electron chi connectivity index (χ2n) is 8.14. The van der Waals surface area contributed by atoms with Gasteiger partial charge in [-0.25, -0.2) is 0 Å². The third-order valence-corrected chi connectivity index (χ3v) is 7.47. The molecular weight excluding hydrogens is 446 g/mol. The van der Waals surface area contributed by atoms with E-state index in [2.05, 4.69) is 0 Å². The summed E-state index contributed by atoms with van der Waals surface area (Å²) < 4.78 is 18.5. The van der Waals surface area contributed by atoms with Crippen LogP contribution in [0.15, 0.2) is 54.6 Å². The number of hydrogen-bond acceptors (Lipinski definition) is 4. The zero-order valence-electron chi connectivity index (χ0n) is 18.4. The maximum atomic E-state index is 12.7. The van der Waals surface area contributed by atoms with Crippen molar-refractivity contribution in [1.29, 1.82) is 0 Å². The zero-order chi connectivity index (χ0) is 22.9. The molecule has 0 spiro atoms. The van der Waals surface area contributed by atoms with Gasteiger partial charge in [-0.1, -0.05) is 48.4 Å². The van der Waals surface area contributed by atoms with Gasteiger partial charge in [0.1, 0.15) is 5.75 Å². The number of halogens is 1. The summed E-state index contributed by atoms with van der Waals surface area (Å²) in [5.74, 6) is 0.618. The van der Waals surface area contributed by atoms with Crippen LogP contribution in [0.5, 0.6) is 0 Å². The number of Topliss-reactive ketones (excluding diaryl/α,β-unsaturated/α-hetero) is 1. The lowest BCUT2D eigenvalue weighted by molar-refractivity contribution is -0.146. The summed E-state index contributed by atoms with van der Waals surface area (Å²) in [5.41, 5.74) is 1.71. The number of rotatable bonds is 13. The molecule has 5 nitrogen and oxygen atoms in total. The minimum absolute atomic E-state index is 0.0354. The fraction of sp³-hybridized carbons (Fsp3) is 0.440. The SMILES string of the molecule is CC(COCCCCCC(=O)c1ccc(Cl)cc1)N1C(=O)CC1[S+]([O-])Cc1ccccc1. The van der Waals surface area contributed by atoms with Crippen molar-refractivity contribution in [3.63, 3.8) is 0 Å². The maximum absolute atomic E-state index is 12.7. The van der Waals surface area contributed by atoms with Crippen LogP contribution in [0.4, 0.5) is 0 Å². The summed E-state index contributed by atoms with van der Waals surface area (Å²) in [7, 11) is 0. The van der Waals surface area contributed by atoms with Crippen molar-refractivity contribution >= 4 is 34.5 Å². The highest BCUT2D eigenvalue weighted by Crippen LogP contribution is 2.29. The van der Waals surface area contributed by atoms with E-state index in [1.807, 2.05) is 37.3 Å². The number of likely N-dealkylation sites (tertiary alicyclic amines) is 1. The lowest BCUT2D eigenvalue weighted by Crippen LogP contribution is -2.61. The summed E-state index contributed by atoms with van der Waals surface area (Å²) >= 11 is 4.72. The number of amides is 1. The van der Waals surface area contributed by atoms with Crippen LogP contribution in [-0.2, 0) is 26.5 Å². The van der Waals surface area contributed by atoms with Gasteiger partial charge in [0.2, 0.25) is 5.91 Å². The summed E-state index contributed by atoms with van der Waals surface area (Å²) in [6.07, 6.45) is 3.42. The first-order valence-electron chi connectivity index (χ1n) is 11.0. The first kappa shape index (κ1) is 24.8. The van der Waals surface area contributed by atoms with Crippen molar-refractivity contribution in [3.05, 3.63) is 70.7 Å². The molecule has 3 rings (SSSR count). The van der Waals surface area contributed by atoms with E-state index in [4.69, 9.17) is 16.3 Å². The van der Waals surface area contributed by atoms with Crippen LogP contribution < -0.4 is 0 Å². The number of ether oxygens (including phenoxy) is 1. The standard InChI is InChI=1S/C25H30ClNO4S/c1-19(27-24(29)16-25(27)32(30)18-20-8-4-2-5-9-20)17-31-15-7-3-6-10-23(28)21-11-13-22(26)14-12-21/h2,4-5,8-9,11-14,19,25H,3,6-7,10,15-18H2,1H3. The van der Waals surface area contributed by atoms with Crippen molar-refractivity contribution in [1.82, 2.24) is 4.90 Å². The van der Waals surface area contributed by atoms with E-state index < -0.39 is 11.2 Å². The molecule has 1 heterocycles. The second kappa shape index (κ2) is 12.4. The van der Waals surface area contributed by atoms with E-state index in [0.717, 1.165) is 24.8 Å². The van der Waals surface area contributed by atoms with Gasteiger partial charge >= 0.3 is 0 Å². The Bertz CT molecular complexity index is 877. The quantitative estimate of drug-likeness (QED) is 0.177. The van der Waals surface area contributed by atoms with Gasteiger partial charge in [-0.3, -0.25) is 14.5 Å². The molecule has 0 aromatic heterocycles. The van der Waals surface area contributed by atoms with Gasteiger partial charge in [0.25, 0.3) is 0 Å². The number of carbonyl (C=O) groups excluding carboxylic acids is 2. The minimum Gasteiger partial charge on any atom is -0.614 e. The lowest BCUT2D eigenvalue weighted by Gasteiger charge is -2.43. The van der Waals surface area contributed by atoms with Gasteiger partial charge in [-0.15, -0.1) is 0 Å². The van der Waals surface area contributed by atoms with E-state index in [1.165, 1.54) is 0 Å². The molecular formula is C25H30ClNO4S. The van der Waals surface area contributed by atoms with Gasteiger partial charge in [-0.05, 0) is 55.2 Å². The monoisotopic (exact) mass is 475 g/mol. The maximum Gasteiger partial charge on any atom is 0.233 e. The van der Waals surface area contributed by atoms with Crippen LogP contribution in [0.25, 0.3) is 0 Å². The molecule has 1 saturated heterocycles. The molecule has 2 aromatic carbocycles. The number of ketones is 1. The van der Waals surface area contributed by atoms with Crippen molar-refractivity contribution in [2.24, 2.45) is 0 Å². The number of nitrogens with zero attached hydrogens (tertiary/aromatic N) is 1. The molecule has 1 aliphatic rings. The Hall–Kier alpha value is -1.86. The summed E-state index contributed by atoms with van der Waals surface area (Å²) in [4.78, 5) is 26.0. The van der Waals surface area contributed by atoms with Crippen molar-refractivity contribution in [2.45, 2.75) is 56.2 Å². The summed E-state index contributed by atoms with van der Waals surface area (Å²) in [6, 6.07) is 16.6. The first-order chi connectivity index (χ1) is 15.5. The van der Waals surface area contributed by atoms with Crippen molar-refractivity contribution in [3.8, 4) is 0 Å². The Morgan fingerprint density at radius 1 is 1.16 bits per heavy atom. The normalized spacial score (nSPS) is 17.7. The Kier molecular flexibility index (Phi) is 9.60. The number of unbranched alkanes of at least 4 members (excludes halogenated alkanes) is 2. The molecule has 1 aliphatic heterocycles. The van der Waals surface area contributed by atoms with Crippen molar-refractivity contribution in [2.75, 3.05) is 13.2 Å². The number of β-lactam (4-membered cyclic amide) rings is 1. The molecule has 1 amide bonds. The summed E-state index contributed by atoms with van der Waals surface area (Å²) in [6.45, 7) is 2.95. The molecule has 0 radical (unpaired) electrons. The second-order valence-corrected chi connectivity index (χ2v) is 10.2. The molecule has 2 aromatic rings. The smallest absolute Gasteiger partial charge is 0.233 e. The Labute approximate surface area is 198 Å². The van der Waals surface area contributed by atoms with E-state index in [9.17, 15) is 14.1 Å². The molecule has 1 fully saturated rings. The van der Waals surface area contributed by atoms with Crippen LogP contribution in [0.1, 0.15) is 54.9 Å². The molecule has 3 atom stereocenters. The third kappa shape index (κ3) is 7.07. The fourth-order valence-electron chi connectivity index (χ4n) is 3.77. The highest BCUT2D eigenvalue weighted by Gasteiger charge is 2.46. The predicted molar refractivity (Wildman–Crippen MR) is 128 cm³/mol. The van der Waals surface area contributed by atoms with Crippen LogP contribution in [-0.4, -0.2) is 45.8 Å². The Balaban J connectivity index is 1.30. The first-order valence-corrected chi connectivity index (χ1v) is 12.8. The van der Waals surface area contributed by atoms with E-state index >= 15 is 0 Å². The van der Waals surface area contributed by atoms with Gasteiger partial charge < -0.3 is 9.29 Å². The lowest BCUT2D eigenvalue weighted by atomic mass is 10.1. The third-order valence-electron chi connectivity index (χ3n) is 5.60. The summed E-state index contributed by atoms with van der Waals surface area (Å²) in [5, 5.41) is 0.391. The molecule has 32 heavy (non-hydrogen) atoms. The molecule has 172 valence electrons. The van der Waals surface area contributed by atoms with Crippen LogP contribution in [0.2, 0.25) is 5.02 Å². The highest BCUT2D eigenvalue weighted by atomic mass is 35.5. The Morgan fingerprint density at radius 3 is 2.56 bits per heavy atom. The topological polar surface area (TPSA) is 69.7 Å². The number of benzene rings is 2. The molecule has 7 heteroatoms. The molecule has 0 N–H and O–H groups in total. The van der Waals surface area contributed by atoms with E-state index in [-0.39, 0.29) is 23.1 Å². The van der Waals surface area contributed by atoms with E-state index in [0.29, 0.717) is 42.4 Å². The number of hydrogen-bond donors (Lipinski definition) is 0. The van der Waals surface area contributed by atoms with Crippen LogP contribution in [0, 0.1) is 0 Å². The average molecular weight is 476 g/mol. The zero-order valence-corrected chi connectivity index (χ0v) is 19.9. The van der Waals surface area contributed by atoms with Crippen LogP contribution >= 0.6 is 11.6 Å².